The normalized spacial score (nSPS) is 14.6. The number of hydrogen-bond acceptors (Lipinski definition) is 5. The van der Waals surface area contributed by atoms with Gasteiger partial charge in [-0.2, -0.15) is 0 Å². The Morgan fingerprint density at radius 3 is 2.12 bits per heavy atom. The van der Waals surface area contributed by atoms with Crippen molar-refractivity contribution in [3.63, 3.8) is 0 Å². The fraction of sp³-hybridized carbons (Fsp3) is 1.00. The van der Waals surface area contributed by atoms with Crippen molar-refractivity contribution >= 4 is 7.82 Å². The summed E-state index contributed by atoms with van der Waals surface area (Å²) < 4.78 is 25.1. The van der Waals surface area contributed by atoms with Crippen molar-refractivity contribution < 1.29 is 23.2 Å². The predicted molar refractivity (Wildman–Crippen MR) is 70.3 cm³/mol. The van der Waals surface area contributed by atoms with Gasteiger partial charge < -0.3 is 24.8 Å². The van der Waals surface area contributed by atoms with Crippen molar-refractivity contribution in [3.8, 4) is 0 Å². The van der Waals surface area contributed by atoms with Crippen LogP contribution in [0.5, 0.6) is 0 Å². The molecule has 2 unspecified atom stereocenters. The van der Waals surface area contributed by atoms with Crippen LogP contribution >= 0.6 is 7.82 Å². The fourth-order valence-corrected chi connectivity index (χ4v) is 1.70. The van der Waals surface area contributed by atoms with Gasteiger partial charge in [0.25, 0.3) is 7.82 Å². The number of ether oxygens (including phenoxy) is 1. The van der Waals surface area contributed by atoms with Gasteiger partial charge >= 0.3 is 0 Å². The van der Waals surface area contributed by atoms with Crippen molar-refractivity contribution in [1.82, 2.24) is 6.15 Å². The minimum absolute atomic E-state index is 0. The van der Waals surface area contributed by atoms with Gasteiger partial charge in [0, 0.05) is 7.11 Å². The molecule has 0 saturated carbocycles. The Morgan fingerprint density at radius 2 is 1.76 bits per heavy atom. The third-order valence-corrected chi connectivity index (χ3v) is 2.69. The van der Waals surface area contributed by atoms with E-state index in [1.165, 1.54) is 7.11 Å². The number of rotatable bonds is 8. The van der Waals surface area contributed by atoms with Gasteiger partial charge in [0.1, 0.15) is 0 Å². The molecule has 0 aromatic heterocycles. The Morgan fingerprint density at radius 1 is 1.24 bits per heavy atom. The van der Waals surface area contributed by atoms with E-state index in [9.17, 15) is 9.46 Å². The summed E-state index contributed by atoms with van der Waals surface area (Å²) in [5, 5.41) is 0. The maximum Gasteiger partial charge on any atom is 0.267 e. The van der Waals surface area contributed by atoms with Gasteiger partial charge in [-0.15, -0.1) is 0 Å². The molecule has 0 amide bonds. The van der Waals surface area contributed by atoms with Crippen LogP contribution in [-0.2, 0) is 18.3 Å². The highest BCUT2D eigenvalue weighted by molar-refractivity contribution is 7.45. The van der Waals surface area contributed by atoms with Crippen molar-refractivity contribution in [3.05, 3.63) is 0 Å². The molecule has 2 atom stereocenters. The van der Waals surface area contributed by atoms with E-state index in [0.29, 0.717) is 0 Å². The van der Waals surface area contributed by atoms with Gasteiger partial charge in [-0.25, -0.2) is 0 Å². The van der Waals surface area contributed by atoms with E-state index in [0.717, 1.165) is 12.8 Å². The van der Waals surface area contributed by atoms with Crippen LogP contribution in [0.15, 0.2) is 0 Å². The molecule has 0 aliphatic carbocycles. The zero-order valence-corrected chi connectivity index (χ0v) is 10.8. The average Bonchev–Trinajstić information content (AvgIpc) is 2.12. The molecule has 0 radical (unpaired) electrons. The second kappa shape index (κ2) is 14.1. The summed E-state index contributed by atoms with van der Waals surface area (Å²) >= 11 is 0. The van der Waals surface area contributed by atoms with E-state index in [1.54, 1.807) is 6.92 Å². The van der Waals surface area contributed by atoms with E-state index in [-0.39, 0.29) is 40.3 Å². The van der Waals surface area contributed by atoms with Crippen LogP contribution in [-0.4, -0.2) is 26.4 Å². The number of methoxy groups -OCH3 is 1. The first-order chi connectivity index (χ1) is 6.55. The van der Waals surface area contributed by atoms with Crippen molar-refractivity contribution in [1.29, 1.82) is 0 Å². The third-order valence-electron chi connectivity index (χ3n) is 1.65. The lowest BCUT2D eigenvalue weighted by molar-refractivity contribution is -0.227. The molecule has 17 heavy (non-hydrogen) atoms. The second-order valence-electron chi connectivity index (χ2n) is 2.81. The zero-order valence-electron chi connectivity index (χ0n) is 9.89. The fourth-order valence-electron chi connectivity index (χ4n) is 0.961. The lowest BCUT2D eigenvalue weighted by Crippen LogP contribution is -2.20. The highest BCUT2D eigenvalue weighted by atomic mass is 31.2. The van der Waals surface area contributed by atoms with Gasteiger partial charge in [-0.1, -0.05) is 28.2 Å². The quantitative estimate of drug-likeness (QED) is 0.685. The van der Waals surface area contributed by atoms with Crippen molar-refractivity contribution in [2.45, 2.75) is 47.6 Å². The maximum absolute atomic E-state index is 11.0. The summed E-state index contributed by atoms with van der Waals surface area (Å²) in [5.74, 6) is 0. The number of hydrogen-bond donors (Lipinski definition) is 1. The lowest BCUT2D eigenvalue weighted by atomic mass is 10.2. The number of phosphoric ester groups is 1. The van der Waals surface area contributed by atoms with Gasteiger partial charge in [0.05, 0.1) is 19.3 Å². The molecule has 110 valence electrons. The Kier molecular flexibility index (Phi) is 21.4. The summed E-state index contributed by atoms with van der Waals surface area (Å²) in [4.78, 5) is 11.0. The van der Waals surface area contributed by atoms with Crippen LogP contribution < -0.4 is 11.0 Å². The molecule has 0 spiro atoms. The first-order valence-corrected chi connectivity index (χ1v) is 6.14. The SMILES string of the molecule is C.C.CCCC(COP(=O)([O-])OCC)OC.[NH4+]. The summed E-state index contributed by atoms with van der Waals surface area (Å²) in [6, 6.07) is 0. The van der Waals surface area contributed by atoms with Gasteiger partial charge in [0.15, 0.2) is 0 Å². The van der Waals surface area contributed by atoms with Crippen molar-refractivity contribution in [2.24, 2.45) is 0 Å². The van der Waals surface area contributed by atoms with Crippen LogP contribution in [0.2, 0.25) is 0 Å². The average molecular weight is 275 g/mol. The minimum atomic E-state index is -4.11. The molecule has 0 bridgehead atoms. The molecule has 0 aromatic rings. The molecule has 7 heteroatoms. The maximum atomic E-state index is 11.0. The topological polar surface area (TPSA) is 104 Å². The molecule has 0 heterocycles. The molecule has 0 saturated heterocycles. The molecule has 0 fully saturated rings. The highest BCUT2D eigenvalue weighted by Crippen LogP contribution is 2.38. The Bertz CT molecular complexity index is 192. The summed E-state index contributed by atoms with van der Waals surface area (Å²) in [6.45, 7) is 3.69. The van der Waals surface area contributed by atoms with Crippen LogP contribution in [0, 0.1) is 0 Å². The second-order valence-corrected chi connectivity index (χ2v) is 4.22. The molecular weight excluding hydrogens is 245 g/mol. The van der Waals surface area contributed by atoms with E-state index in [2.05, 4.69) is 9.05 Å². The predicted octanol–water partition coefficient (Wildman–Crippen LogP) is 2.97. The number of phosphoric acid groups is 1. The van der Waals surface area contributed by atoms with Crippen LogP contribution in [0.1, 0.15) is 41.5 Å². The molecule has 6 nitrogen and oxygen atoms in total. The third kappa shape index (κ3) is 14.0. The van der Waals surface area contributed by atoms with Crippen LogP contribution in [0.25, 0.3) is 0 Å². The van der Waals surface area contributed by atoms with Gasteiger partial charge in [-0.3, -0.25) is 4.57 Å². The smallest absolute Gasteiger partial charge is 0.267 e. The van der Waals surface area contributed by atoms with Gasteiger partial charge in [0.2, 0.25) is 0 Å². The first-order valence-electron chi connectivity index (χ1n) is 4.68. The Balaban J connectivity index is -0.000000282. The lowest BCUT2D eigenvalue weighted by Gasteiger charge is -2.24. The molecule has 0 aromatic carbocycles. The zero-order chi connectivity index (χ0) is 11.0. The Labute approximate surface area is 106 Å². The van der Waals surface area contributed by atoms with E-state index in [1.807, 2.05) is 6.92 Å². The Hall–Kier alpha value is 0.0300. The van der Waals surface area contributed by atoms with Crippen LogP contribution in [0.3, 0.4) is 0 Å². The first kappa shape index (κ1) is 25.8. The summed E-state index contributed by atoms with van der Waals surface area (Å²) in [6.07, 6.45) is 1.49. The van der Waals surface area contributed by atoms with Crippen molar-refractivity contribution in [2.75, 3.05) is 20.3 Å². The van der Waals surface area contributed by atoms with Gasteiger partial charge in [-0.05, 0) is 13.3 Å². The summed E-state index contributed by atoms with van der Waals surface area (Å²) in [7, 11) is -2.59. The highest BCUT2D eigenvalue weighted by Gasteiger charge is 2.12. The largest absolute Gasteiger partial charge is 0.756 e. The van der Waals surface area contributed by atoms with E-state index in [4.69, 9.17) is 4.74 Å². The minimum Gasteiger partial charge on any atom is -0.756 e. The molecule has 0 aliphatic heterocycles. The molecule has 0 rings (SSSR count). The standard InChI is InChI=1S/C8H19O5P.2CH4.H3N/c1-4-6-8(11-3)7-13-14(9,10)12-5-2;;;/h8H,4-7H2,1-3H3,(H,9,10);2*1H4;1H3. The molecular formula is C10H30NO5P. The van der Waals surface area contributed by atoms with E-state index < -0.39 is 7.82 Å². The summed E-state index contributed by atoms with van der Waals surface area (Å²) in [5.41, 5.74) is 0. The monoisotopic (exact) mass is 275 g/mol. The molecule has 0 aliphatic rings. The van der Waals surface area contributed by atoms with E-state index >= 15 is 0 Å². The van der Waals surface area contributed by atoms with Crippen LogP contribution in [0.4, 0.5) is 0 Å². The molecule has 4 N–H and O–H groups in total. The number of quaternary nitrogens is 1.